The van der Waals surface area contributed by atoms with E-state index in [4.69, 9.17) is 4.18 Å². The van der Waals surface area contributed by atoms with E-state index in [0.717, 1.165) is 16.3 Å². The van der Waals surface area contributed by atoms with Gasteiger partial charge in [0.25, 0.3) is 20.1 Å². The highest BCUT2D eigenvalue weighted by Gasteiger charge is 2.42. The summed E-state index contributed by atoms with van der Waals surface area (Å²) in [6, 6.07) is 7.38. The monoisotopic (exact) mass is 448 g/mol. The van der Waals surface area contributed by atoms with E-state index < -0.39 is 26.2 Å². The minimum atomic E-state index is -3.86. The van der Waals surface area contributed by atoms with Crippen LogP contribution in [0.2, 0.25) is 0 Å². The van der Waals surface area contributed by atoms with Gasteiger partial charge in [0, 0.05) is 23.0 Å². The highest BCUT2D eigenvalue weighted by molar-refractivity contribution is 9.12. The fraction of sp³-hybridized carbons (Fsp3) is 0.333. The first kappa shape index (κ1) is 18.4. The van der Waals surface area contributed by atoms with E-state index in [1.807, 2.05) is 6.08 Å². The first-order valence-corrected chi connectivity index (χ1v) is 11.5. The number of nitrogens with zero attached hydrogens (tertiary/aromatic N) is 1. The summed E-state index contributed by atoms with van der Waals surface area (Å²) in [4.78, 5) is 0.139. The van der Waals surface area contributed by atoms with Crippen molar-refractivity contribution in [2.24, 2.45) is 0 Å². The van der Waals surface area contributed by atoms with Gasteiger partial charge in [-0.15, -0.1) is 0 Å². The van der Waals surface area contributed by atoms with E-state index in [1.165, 1.54) is 16.4 Å². The number of hydrogen-bond donors (Lipinski definition) is 1. The molecule has 1 aromatic carbocycles. The molecule has 2 aliphatic rings. The average molecular weight is 449 g/mol. The number of sulfonamides is 1. The Bertz CT molecular complexity index is 939. The Balaban J connectivity index is 2.02. The summed E-state index contributed by atoms with van der Waals surface area (Å²) < 4.78 is 55.9. The zero-order valence-corrected chi connectivity index (χ0v) is 16.6. The van der Waals surface area contributed by atoms with Gasteiger partial charge >= 0.3 is 0 Å². The number of hydrogen-bond acceptors (Lipinski definition) is 6. The summed E-state index contributed by atoms with van der Waals surface area (Å²) >= 11 is 3.45. The van der Waals surface area contributed by atoms with Gasteiger partial charge < -0.3 is 5.32 Å². The predicted octanol–water partition coefficient (Wildman–Crippen LogP) is 1.52. The van der Waals surface area contributed by atoms with Crippen LogP contribution < -0.4 is 5.32 Å². The molecule has 2 aliphatic heterocycles. The molecule has 0 saturated heterocycles. The number of halogens is 1. The van der Waals surface area contributed by atoms with E-state index in [0.29, 0.717) is 18.8 Å². The topological polar surface area (TPSA) is 92.8 Å². The van der Waals surface area contributed by atoms with Crippen molar-refractivity contribution in [1.29, 1.82) is 0 Å². The molecule has 0 spiro atoms. The van der Waals surface area contributed by atoms with Crippen molar-refractivity contribution in [2.75, 3.05) is 19.4 Å². The lowest BCUT2D eigenvalue weighted by molar-refractivity contribution is 0.239. The van der Waals surface area contributed by atoms with Crippen molar-refractivity contribution in [1.82, 2.24) is 9.62 Å². The van der Waals surface area contributed by atoms with E-state index in [9.17, 15) is 16.8 Å². The van der Waals surface area contributed by atoms with Crippen LogP contribution in [-0.4, -0.2) is 46.6 Å². The maximum absolute atomic E-state index is 13.1. The van der Waals surface area contributed by atoms with Gasteiger partial charge in [-0.05, 0) is 12.1 Å². The van der Waals surface area contributed by atoms with Gasteiger partial charge in [-0.2, -0.15) is 8.42 Å². The number of benzene rings is 1. The van der Waals surface area contributed by atoms with Crippen LogP contribution in [0.15, 0.2) is 57.2 Å². The lowest BCUT2D eigenvalue weighted by atomic mass is 10.1. The van der Waals surface area contributed by atoms with Crippen molar-refractivity contribution in [3.63, 3.8) is 0 Å². The van der Waals surface area contributed by atoms with Gasteiger partial charge in [0.15, 0.2) is 0 Å². The van der Waals surface area contributed by atoms with Gasteiger partial charge in [0.05, 0.1) is 23.8 Å². The Kier molecular flexibility index (Phi) is 4.97. The highest BCUT2D eigenvalue weighted by atomic mass is 79.9. The van der Waals surface area contributed by atoms with E-state index in [2.05, 4.69) is 21.2 Å². The first-order chi connectivity index (χ1) is 11.7. The smallest absolute Gasteiger partial charge is 0.265 e. The molecule has 2 heterocycles. The third-order valence-corrected chi connectivity index (χ3v) is 7.12. The third-order valence-electron chi connectivity index (χ3n) is 3.89. The number of nitrogens with one attached hydrogen (secondary N) is 1. The van der Waals surface area contributed by atoms with Gasteiger partial charge in [0.1, 0.15) is 5.82 Å². The highest BCUT2D eigenvalue weighted by Crippen LogP contribution is 2.39. The minimum Gasteiger partial charge on any atom is -0.367 e. The molecule has 0 bridgehead atoms. The van der Waals surface area contributed by atoms with Gasteiger partial charge in [-0.1, -0.05) is 40.2 Å². The van der Waals surface area contributed by atoms with Crippen LogP contribution in [0.1, 0.15) is 6.42 Å². The Labute approximate surface area is 155 Å². The molecule has 7 nitrogen and oxygen atoms in total. The number of allylic oxidation sites excluding steroid dienone is 1. The minimum absolute atomic E-state index is 0.139. The Morgan fingerprint density at radius 3 is 2.56 bits per heavy atom. The summed E-state index contributed by atoms with van der Waals surface area (Å²) in [5.74, 6) is 0.459. The Morgan fingerprint density at radius 1 is 1.24 bits per heavy atom. The molecule has 0 fully saturated rings. The van der Waals surface area contributed by atoms with Crippen LogP contribution >= 0.6 is 15.9 Å². The SMILES string of the molecule is CS(=O)(=O)OC[C@@H]1CC2=C(NCC=C2Br)N1S(=O)(=O)c1ccccc1. The summed E-state index contributed by atoms with van der Waals surface area (Å²) in [6.07, 6.45) is 3.19. The maximum Gasteiger partial charge on any atom is 0.265 e. The molecule has 1 aromatic rings. The zero-order chi connectivity index (χ0) is 18.2. The second-order valence-corrected chi connectivity index (χ2v) is 10.0. The second-order valence-electron chi connectivity index (χ2n) is 5.72. The molecule has 10 heteroatoms. The number of dihydropyridines is 1. The summed E-state index contributed by atoms with van der Waals surface area (Å²) in [5.41, 5.74) is 0.785. The largest absolute Gasteiger partial charge is 0.367 e. The lowest BCUT2D eigenvalue weighted by Crippen LogP contribution is -2.42. The lowest BCUT2D eigenvalue weighted by Gasteiger charge is -2.29. The second kappa shape index (κ2) is 6.75. The van der Waals surface area contributed by atoms with E-state index in [-0.39, 0.29) is 11.5 Å². The van der Waals surface area contributed by atoms with Crippen molar-refractivity contribution < 1.29 is 21.0 Å². The zero-order valence-electron chi connectivity index (χ0n) is 13.3. The quantitative estimate of drug-likeness (QED) is 0.686. The molecule has 0 unspecified atom stereocenters. The molecule has 0 amide bonds. The first-order valence-electron chi connectivity index (χ1n) is 7.47. The molecule has 0 aliphatic carbocycles. The Hall–Kier alpha value is -1.36. The molecule has 136 valence electrons. The van der Waals surface area contributed by atoms with Gasteiger partial charge in [-0.25, -0.2) is 12.7 Å². The van der Waals surface area contributed by atoms with Crippen LogP contribution in [0.5, 0.6) is 0 Å². The summed E-state index contributed by atoms with van der Waals surface area (Å²) in [5, 5.41) is 3.08. The van der Waals surface area contributed by atoms with E-state index >= 15 is 0 Å². The average Bonchev–Trinajstić information content (AvgIpc) is 2.94. The molecule has 1 atom stereocenters. The fourth-order valence-electron chi connectivity index (χ4n) is 2.84. The van der Waals surface area contributed by atoms with Crippen LogP contribution in [0.3, 0.4) is 0 Å². The Morgan fingerprint density at radius 2 is 1.92 bits per heavy atom. The molecular formula is C15H17BrN2O5S2. The van der Waals surface area contributed by atoms with Gasteiger partial charge in [0.2, 0.25) is 0 Å². The van der Waals surface area contributed by atoms with Crippen LogP contribution in [0.25, 0.3) is 0 Å². The predicted molar refractivity (Wildman–Crippen MR) is 96.7 cm³/mol. The maximum atomic E-state index is 13.1. The molecule has 1 N–H and O–H groups in total. The molecule has 3 rings (SSSR count). The molecule has 25 heavy (non-hydrogen) atoms. The molecule has 0 aromatic heterocycles. The van der Waals surface area contributed by atoms with Crippen molar-refractivity contribution in [3.05, 3.63) is 52.3 Å². The fourth-order valence-corrected chi connectivity index (χ4v) is 5.42. The van der Waals surface area contributed by atoms with Crippen molar-refractivity contribution in [2.45, 2.75) is 17.4 Å². The van der Waals surface area contributed by atoms with E-state index in [1.54, 1.807) is 18.2 Å². The number of rotatable bonds is 5. The van der Waals surface area contributed by atoms with Crippen LogP contribution in [0.4, 0.5) is 0 Å². The summed E-state index contributed by atoms with van der Waals surface area (Å²) in [6.45, 7) is 0.222. The molecule has 0 saturated carbocycles. The van der Waals surface area contributed by atoms with Crippen LogP contribution in [0, 0.1) is 0 Å². The van der Waals surface area contributed by atoms with Gasteiger partial charge in [-0.3, -0.25) is 4.18 Å². The molecular weight excluding hydrogens is 432 g/mol. The molecule has 0 radical (unpaired) electrons. The third kappa shape index (κ3) is 3.76. The van der Waals surface area contributed by atoms with Crippen molar-refractivity contribution >= 4 is 36.1 Å². The van der Waals surface area contributed by atoms with Crippen LogP contribution in [-0.2, 0) is 24.3 Å². The normalized spacial score (nSPS) is 21.0. The summed E-state index contributed by atoms with van der Waals surface area (Å²) in [7, 11) is -7.54. The van der Waals surface area contributed by atoms with Crippen molar-refractivity contribution in [3.8, 4) is 0 Å². The standard InChI is InChI=1S/C15H17BrN2O5S2/c1-24(19,20)23-10-11-9-13-14(16)7-8-17-15(13)18(11)25(21,22)12-5-3-2-4-6-12/h2-7,11,17H,8-10H2,1H3/t11-/m0/s1.